The van der Waals surface area contributed by atoms with Crippen molar-refractivity contribution in [2.75, 3.05) is 20.2 Å². The Kier molecular flexibility index (Phi) is 4.90. The lowest BCUT2D eigenvalue weighted by Gasteiger charge is -2.23. The average molecular weight is 370 g/mol. The molecular formula is C19H22N4O2S. The summed E-state index contributed by atoms with van der Waals surface area (Å²) in [4.78, 5) is 21.8. The molecule has 3 N–H and O–H groups in total. The highest BCUT2D eigenvalue weighted by Crippen LogP contribution is 2.31. The molecule has 26 heavy (non-hydrogen) atoms. The minimum absolute atomic E-state index is 0.103. The number of rotatable bonds is 5. The topological polar surface area (TPSA) is 79.0 Å². The highest BCUT2D eigenvalue weighted by atomic mass is 32.1. The Hall–Kier alpha value is -2.38. The Morgan fingerprint density at radius 2 is 2.31 bits per heavy atom. The second-order valence-corrected chi connectivity index (χ2v) is 7.41. The Bertz CT molecular complexity index is 898. The number of thiophene rings is 1. The smallest absolute Gasteiger partial charge is 0.253 e. The van der Waals surface area contributed by atoms with Crippen LogP contribution in [0.1, 0.15) is 29.6 Å². The van der Waals surface area contributed by atoms with E-state index in [1.165, 1.54) is 12.8 Å². The molecule has 0 radical (unpaired) electrons. The Labute approximate surface area is 156 Å². The molecule has 1 saturated heterocycles. The monoisotopic (exact) mass is 370 g/mol. The van der Waals surface area contributed by atoms with Crippen LogP contribution in [-0.2, 0) is 0 Å². The molecule has 1 fully saturated rings. The number of fused-ring (bicyclic) bond motifs is 1. The van der Waals surface area contributed by atoms with Crippen molar-refractivity contribution < 1.29 is 9.53 Å². The second-order valence-electron chi connectivity index (χ2n) is 6.46. The number of aromatic nitrogens is 2. The lowest BCUT2D eigenvalue weighted by molar-refractivity contribution is 0.0949. The fourth-order valence-electron chi connectivity index (χ4n) is 3.36. The molecule has 7 heteroatoms. The fourth-order valence-corrected chi connectivity index (χ4v) is 4.03. The van der Waals surface area contributed by atoms with E-state index in [0.717, 1.165) is 29.2 Å². The maximum absolute atomic E-state index is 12.8. The first-order valence-corrected chi connectivity index (χ1v) is 9.76. The van der Waals surface area contributed by atoms with Crippen LogP contribution in [0.4, 0.5) is 0 Å². The predicted octanol–water partition coefficient (Wildman–Crippen LogP) is 3.17. The third-order valence-corrected chi connectivity index (χ3v) is 5.62. The van der Waals surface area contributed by atoms with Gasteiger partial charge in [-0.3, -0.25) is 4.79 Å². The number of carbonyl (C=O) groups is 1. The number of hydrogen-bond acceptors (Lipinski definition) is 5. The van der Waals surface area contributed by atoms with Gasteiger partial charge in [0.15, 0.2) is 0 Å². The lowest BCUT2D eigenvalue weighted by Crippen LogP contribution is -2.43. The molecule has 4 rings (SSSR count). The van der Waals surface area contributed by atoms with E-state index in [9.17, 15) is 4.79 Å². The Balaban J connectivity index is 1.62. The number of carbonyl (C=O) groups excluding carboxylic acids is 1. The molecule has 1 amide bonds. The molecule has 3 heterocycles. The number of H-pyrrole nitrogens is 1. The molecule has 136 valence electrons. The van der Waals surface area contributed by atoms with Gasteiger partial charge in [0, 0.05) is 12.6 Å². The van der Waals surface area contributed by atoms with E-state index < -0.39 is 0 Å². The van der Waals surface area contributed by atoms with E-state index >= 15 is 0 Å². The second kappa shape index (κ2) is 7.47. The van der Waals surface area contributed by atoms with Gasteiger partial charge in [-0.2, -0.15) is 0 Å². The van der Waals surface area contributed by atoms with Crippen molar-refractivity contribution in [2.45, 2.75) is 25.3 Å². The highest BCUT2D eigenvalue weighted by Gasteiger charge is 2.19. The minimum atomic E-state index is -0.103. The fraction of sp³-hybridized carbons (Fsp3) is 0.368. The van der Waals surface area contributed by atoms with Crippen LogP contribution < -0.4 is 15.4 Å². The van der Waals surface area contributed by atoms with Crippen molar-refractivity contribution in [1.82, 2.24) is 20.6 Å². The first-order valence-electron chi connectivity index (χ1n) is 8.88. The van der Waals surface area contributed by atoms with Crippen LogP contribution in [0.3, 0.4) is 0 Å². The van der Waals surface area contributed by atoms with Gasteiger partial charge in [0.2, 0.25) is 0 Å². The zero-order chi connectivity index (χ0) is 17.9. The van der Waals surface area contributed by atoms with E-state index in [0.29, 0.717) is 29.4 Å². The predicted molar refractivity (Wildman–Crippen MR) is 104 cm³/mol. The number of methoxy groups -OCH3 is 1. The molecule has 0 saturated carbocycles. The van der Waals surface area contributed by atoms with Gasteiger partial charge >= 0.3 is 0 Å². The van der Waals surface area contributed by atoms with Gasteiger partial charge in [-0.1, -0.05) is 12.5 Å². The molecule has 1 aliphatic rings. The molecule has 6 nitrogen and oxygen atoms in total. The van der Waals surface area contributed by atoms with Gasteiger partial charge in [-0.25, -0.2) is 4.98 Å². The molecule has 1 atom stereocenters. The van der Waals surface area contributed by atoms with E-state index in [4.69, 9.17) is 4.74 Å². The van der Waals surface area contributed by atoms with E-state index in [1.54, 1.807) is 24.5 Å². The molecule has 0 spiro atoms. The van der Waals surface area contributed by atoms with Crippen molar-refractivity contribution in [1.29, 1.82) is 0 Å². The molecule has 1 aromatic carbocycles. The summed E-state index contributed by atoms with van der Waals surface area (Å²) in [6.07, 6.45) is 3.52. The summed E-state index contributed by atoms with van der Waals surface area (Å²) in [7, 11) is 1.62. The molecule has 0 bridgehead atoms. The van der Waals surface area contributed by atoms with Crippen molar-refractivity contribution in [3.63, 3.8) is 0 Å². The number of hydrogen-bond donors (Lipinski definition) is 3. The largest absolute Gasteiger partial charge is 0.494 e. The zero-order valence-corrected chi connectivity index (χ0v) is 15.5. The van der Waals surface area contributed by atoms with Gasteiger partial charge in [0.25, 0.3) is 5.91 Å². The zero-order valence-electron chi connectivity index (χ0n) is 14.7. The van der Waals surface area contributed by atoms with E-state index in [-0.39, 0.29) is 5.91 Å². The van der Waals surface area contributed by atoms with Crippen LogP contribution in [0.15, 0.2) is 29.6 Å². The number of nitrogens with one attached hydrogen (secondary N) is 3. The molecule has 2 aromatic heterocycles. The van der Waals surface area contributed by atoms with Gasteiger partial charge in [0.05, 0.1) is 17.6 Å². The normalized spacial score (nSPS) is 17.3. The van der Waals surface area contributed by atoms with Gasteiger partial charge in [-0.15, -0.1) is 11.3 Å². The van der Waals surface area contributed by atoms with Gasteiger partial charge in [-0.05, 0) is 43.0 Å². The van der Waals surface area contributed by atoms with Crippen LogP contribution in [0.25, 0.3) is 21.7 Å². The summed E-state index contributed by atoms with van der Waals surface area (Å²) in [6.45, 7) is 1.66. The molecule has 3 aromatic rings. The number of imidazole rings is 1. The number of aromatic amines is 1. The Morgan fingerprint density at radius 1 is 1.38 bits per heavy atom. The third-order valence-electron chi connectivity index (χ3n) is 4.75. The van der Waals surface area contributed by atoms with Crippen LogP contribution in [0, 0.1) is 0 Å². The SMILES string of the molecule is COc1ccc(C(=O)NCC2CCCCN2)c2nc(-c3cccs3)[nH]c12. The minimum Gasteiger partial charge on any atom is -0.494 e. The van der Waals surface area contributed by atoms with Crippen molar-refractivity contribution in [3.05, 3.63) is 35.2 Å². The van der Waals surface area contributed by atoms with Gasteiger partial charge in [0.1, 0.15) is 22.6 Å². The molecule has 0 aliphatic carbocycles. The summed E-state index contributed by atoms with van der Waals surface area (Å²) < 4.78 is 5.44. The van der Waals surface area contributed by atoms with Crippen LogP contribution in [0.2, 0.25) is 0 Å². The third kappa shape index (κ3) is 3.32. The van der Waals surface area contributed by atoms with Crippen LogP contribution >= 0.6 is 11.3 Å². The van der Waals surface area contributed by atoms with E-state index in [1.807, 2.05) is 23.6 Å². The number of amides is 1. The summed E-state index contributed by atoms with van der Waals surface area (Å²) >= 11 is 1.60. The number of ether oxygens (including phenoxy) is 1. The molecular weight excluding hydrogens is 348 g/mol. The summed E-state index contributed by atoms with van der Waals surface area (Å²) in [5, 5.41) is 8.50. The number of benzene rings is 1. The summed E-state index contributed by atoms with van der Waals surface area (Å²) in [6, 6.07) is 7.93. The molecule has 1 aliphatic heterocycles. The first kappa shape index (κ1) is 17.1. The van der Waals surface area contributed by atoms with Crippen LogP contribution in [0.5, 0.6) is 5.75 Å². The lowest BCUT2D eigenvalue weighted by atomic mass is 10.0. The Morgan fingerprint density at radius 3 is 3.04 bits per heavy atom. The van der Waals surface area contributed by atoms with E-state index in [2.05, 4.69) is 20.6 Å². The van der Waals surface area contributed by atoms with Crippen LogP contribution in [-0.4, -0.2) is 42.1 Å². The maximum atomic E-state index is 12.8. The van der Waals surface area contributed by atoms with Crippen molar-refractivity contribution >= 4 is 28.3 Å². The quantitative estimate of drug-likeness (QED) is 0.645. The summed E-state index contributed by atoms with van der Waals surface area (Å²) in [5.74, 6) is 1.33. The number of piperidine rings is 1. The first-order chi connectivity index (χ1) is 12.8. The van der Waals surface area contributed by atoms with Crippen molar-refractivity contribution in [3.8, 4) is 16.5 Å². The maximum Gasteiger partial charge on any atom is 0.253 e. The van der Waals surface area contributed by atoms with Gasteiger partial charge < -0.3 is 20.4 Å². The average Bonchev–Trinajstić information content (AvgIpc) is 3.35. The standard InChI is InChI=1S/C19H22N4O2S/c1-25-14-8-7-13(19(24)21-11-12-5-2-3-9-20-12)16-17(14)23-18(22-16)15-6-4-10-26-15/h4,6-8,10,12,20H,2-3,5,9,11H2,1H3,(H,21,24)(H,22,23). The molecule has 1 unspecified atom stereocenters. The van der Waals surface area contributed by atoms with Crippen molar-refractivity contribution in [2.24, 2.45) is 0 Å². The summed E-state index contributed by atoms with van der Waals surface area (Å²) in [5.41, 5.74) is 1.96. The number of nitrogens with zero attached hydrogens (tertiary/aromatic N) is 1. The highest BCUT2D eigenvalue weighted by molar-refractivity contribution is 7.13.